The van der Waals surface area contributed by atoms with Crippen molar-refractivity contribution in [1.29, 1.82) is 0 Å². The number of nitrogens with two attached hydrogens (primary N) is 1. The Bertz CT molecular complexity index is 368. The Morgan fingerprint density at radius 2 is 1.89 bits per heavy atom. The molecule has 2 heterocycles. The lowest BCUT2D eigenvalue weighted by molar-refractivity contribution is -0.00461. The molecule has 0 amide bonds. The molecule has 18 heavy (non-hydrogen) atoms. The zero-order valence-electron chi connectivity index (χ0n) is 11.2. The van der Waals surface area contributed by atoms with E-state index in [1.807, 2.05) is 25.3 Å². The minimum absolute atomic E-state index is 0.0172. The van der Waals surface area contributed by atoms with Crippen molar-refractivity contribution in [2.75, 3.05) is 32.2 Å². The fourth-order valence-electron chi connectivity index (χ4n) is 2.24. The molecule has 0 saturated carbocycles. The van der Waals surface area contributed by atoms with Gasteiger partial charge in [0.1, 0.15) is 18.0 Å². The maximum absolute atomic E-state index is 5.81. The smallest absolute Gasteiger partial charge is 0.128 e. The second-order valence-electron chi connectivity index (χ2n) is 4.69. The molecule has 1 aromatic rings. The summed E-state index contributed by atoms with van der Waals surface area (Å²) in [5.41, 5.74) is 6.86. The first kappa shape index (κ1) is 13.3. The number of hydrogen-bond acceptors (Lipinski definition) is 5. The molecule has 0 spiro atoms. The Labute approximate surface area is 108 Å². The first-order valence-corrected chi connectivity index (χ1v) is 6.17. The molecule has 1 aliphatic rings. The Morgan fingerprint density at radius 3 is 2.28 bits per heavy atom. The third-order valence-electron chi connectivity index (χ3n) is 3.44. The second kappa shape index (κ2) is 5.65. The van der Waals surface area contributed by atoms with Crippen LogP contribution in [-0.4, -0.2) is 44.5 Å². The highest BCUT2D eigenvalue weighted by Crippen LogP contribution is 2.22. The van der Waals surface area contributed by atoms with E-state index in [2.05, 4.69) is 9.88 Å². The third kappa shape index (κ3) is 2.63. The topological polar surface area (TPSA) is 60.6 Å². The average molecular weight is 251 g/mol. The fraction of sp³-hybridized carbons (Fsp3) is 0.615. The minimum atomic E-state index is 0.0172. The lowest BCUT2D eigenvalue weighted by Crippen LogP contribution is -2.27. The van der Waals surface area contributed by atoms with Crippen LogP contribution in [0.1, 0.15) is 18.5 Å². The van der Waals surface area contributed by atoms with E-state index in [1.54, 1.807) is 14.2 Å². The summed E-state index contributed by atoms with van der Waals surface area (Å²) in [5.74, 6) is 0.945. The Kier molecular flexibility index (Phi) is 4.16. The monoisotopic (exact) mass is 251 g/mol. The van der Waals surface area contributed by atoms with Crippen molar-refractivity contribution in [2.45, 2.75) is 25.2 Å². The van der Waals surface area contributed by atoms with Crippen molar-refractivity contribution in [3.8, 4) is 0 Å². The molecule has 0 radical (unpaired) electrons. The van der Waals surface area contributed by atoms with Crippen molar-refractivity contribution in [3.05, 3.63) is 23.9 Å². The van der Waals surface area contributed by atoms with Crippen molar-refractivity contribution in [1.82, 2.24) is 4.98 Å². The molecule has 1 aromatic heterocycles. The molecule has 3 atom stereocenters. The standard InChI is InChI=1S/C13H21N3O2/c1-9(14)10-4-5-13(15-6-10)16-7-11(17-2)12(8-16)18-3/h4-6,9,11-12H,7-8,14H2,1-3H3. The SMILES string of the molecule is COC1CN(c2ccc(C(C)N)cn2)CC1OC. The predicted molar refractivity (Wildman–Crippen MR) is 70.6 cm³/mol. The molecule has 2 N–H and O–H groups in total. The van der Waals surface area contributed by atoms with Crippen molar-refractivity contribution < 1.29 is 9.47 Å². The van der Waals surface area contributed by atoms with E-state index in [4.69, 9.17) is 15.2 Å². The van der Waals surface area contributed by atoms with E-state index >= 15 is 0 Å². The fourth-order valence-corrected chi connectivity index (χ4v) is 2.24. The number of anilines is 1. The summed E-state index contributed by atoms with van der Waals surface area (Å²) in [7, 11) is 3.43. The average Bonchev–Trinajstić information content (AvgIpc) is 2.82. The Hall–Kier alpha value is -1.17. The largest absolute Gasteiger partial charge is 0.377 e. The van der Waals surface area contributed by atoms with Gasteiger partial charge in [0.2, 0.25) is 0 Å². The van der Waals surface area contributed by atoms with Gasteiger partial charge in [-0.05, 0) is 18.6 Å². The molecule has 100 valence electrons. The van der Waals surface area contributed by atoms with Crippen LogP contribution in [0.15, 0.2) is 18.3 Å². The lowest BCUT2D eigenvalue weighted by atomic mass is 10.1. The number of pyridine rings is 1. The van der Waals surface area contributed by atoms with E-state index in [0.717, 1.165) is 24.5 Å². The third-order valence-corrected chi connectivity index (χ3v) is 3.44. The zero-order chi connectivity index (χ0) is 13.1. The first-order valence-electron chi connectivity index (χ1n) is 6.17. The van der Waals surface area contributed by atoms with Crippen LogP contribution in [0.2, 0.25) is 0 Å². The number of ether oxygens (including phenoxy) is 2. The molecule has 0 aromatic carbocycles. The molecule has 0 bridgehead atoms. The summed E-state index contributed by atoms with van der Waals surface area (Å²) in [6.45, 7) is 3.56. The summed E-state index contributed by atoms with van der Waals surface area (Å²) >= 11 is 0. The van der Waals surface area contributed by atoms with Crippen LogP contribution in [0.25, 0.3) is 0 Å². The van der Waals surface area contributed by atoms with Crippen LogP contribution in [0.5, 0.6) is 0 Å². The predicted octanol–water partition coefficient (Wildman–Crippen LogP) is 0.951. The zero-order valence-corrected chi connectivity index (χ0v) is 11.2. The van der Waals surface area contributed by atoms with E-state index in [0.29, 0.717) is 0 Å². The van der Waals surface area contributed by atoms with Gasteiger partial charge in [0.05, 0.1) is 0 Å². The number of aromatic nitrogens is 1. The van der Waals surface area contributed by atoms with Crippen LogP contribution >= 0.6 is 0 Å². The van der Waals surface area contributed by atoms with Gasteiger partial charge in [-0.2, -0.15) is 0 Å². The molecule has 0 aliphatic carbocycles. The van der Waals surface area contributed by atoms with Crippen molar-refractivity contribution >= 4 is 5.82 Å². The quantitative estimate of drug-likeness (QED) is 0.863. The molecule has 1 saturated heterocycles. The summed E-state index contributed by atoms with van der Waals surface area (Å²) in [6.07, 6.45) is 2.04. The van der Waals surface area contributed by atoms with Crippen molar-refractivity contribution in [2.24, 2.45) is 5.73 Å². The second-order valence-corrected chi connectivity index (χ2v) is 4.69. The van der Waals surface area contributed by atoms with Gasteiger partial charge in [0.15, 0.2) is 0 Å². The van der Waals surface area contributed by atoms with Crippen LogP contribution in [0, 0.1) is 0 Å². The normalized spacial score (nSPS) is 25.4. The van der Waals surface area contributed by atoms with E-state index in [-0.39, 0.29) is 18.2 Å². The number of hydrogen-bond donors (Lipinski definition) is 1. The maximum Gasteiger partial charge on any atom is 0.128 e. The van der Waals surface area contributed by atoms with Gasteiger partial charge < -0.3 is 20.1 Å². The number of methoxy groups -OCH3 is 2. The molecule has 3 unspecified atom stereocenters. The number of nitrogens with zero attached hydrogens (tertiary/aromatic N) is 2. The molecule has 5 nitrogen and oxygen atoms in total. The molecule has 2 rings (SSSR count). The van der Waals surface area contributed by atoms with Gasteiger partial charge in [-0.3, -0.25) is 0 Å². The van der Waals surface area contributed by atoms with E-state index in [1.165, 1.54) is 0 Å². The van der Waals surface area contributed by atoms with Gasteiger partial charge in [-0.1, -0.05) is 6.07 Å². The van der Waals surface area contributed by atoms with Gasteiger partial charge in [-0.25, -0.2) is 4.98 Å². The summed E-state index contributed by atoms with van der Waals surface area (Å²) in [6, 6.07) is 4.04. The van der Waals surface area contributed by atoms with E-state index in [9.17, 15) is 0 Å². The van der Waals surface area contributed by atoms with Gasteiger partial charge in [-0.15, -0.1) is 0 Å². The highest BCUT2D eigenvalue weighted by molar-refractivity contribution is 5.42. The van der Waals surface area contributed by atoms with Crippen LogP contribution in [0.4, 0.5) is 5.82 Å². The van der Waals surface area contributed by atoms with Crippen LogP contribution in [-0.2, 0) is 9.47 Å². The Balaban J connectivity index is 2.08. The minimum Gasteiger partial charge on any atom is -0.377 e. The summed E-state index contributed by atoms with van der Waals surface area (Å²) < 4.78 is 10.8. The summed E-state index contributed by atoms with van der Waals surface area (Å²) in [5, 5.41) is 0. The number of rotatable bonds is 4. The molecule has 1 fully saturated rings. The maximum atomic E-state index is 5.81. The molecular weight excluding hydrogens is 230 g/mol. The molecule has 1 aliphatic heterocycles. The van der Waals surface area contributed by atoms with E-state index < -0.39 is 0 Å². The first-order chi connectivity index (χ1) is 8.65. The van der Waals surface area contributed by atoms with Crippen LogP contribution < -0.4 is 10.6 Å². The van der Waals surface area contributed by atoms with Gasteiger partial charge in [0, 0.05) is 39.5 Å². The Morgan fingerprint density at radius 1 is 1.28 bits per heavy atom. The lowest BCUT2D eigenvalue weighted by Gasteiger charge is -2.17. The van der Waals surface area contributed by atoms with Crippen molar-refractivity contribution in [3.63, 3.8) is 0 Å². The molecular formula is C13H21N3O2. The van der Waals surface area contributed by atoms with Crippen LogP contribution in [0.3, 0.4) is 0 Å². The summed E-state index contributed by atoms with van der Waals surface area (Å²) in [4.78, 5) is 6.63. The van der Waals surface area contributed by atoms with Gasteiger partial charge in [0.25, 0.3) is 0 Å². The molecule has 5 heteroatoms. The highest BCUT2D eigenvalue weighted by Gasteiger charge is 2.33. The van der Waals surface area contributed by atoms with Gasteiger partial charge >= 0.3 is 0 Å². The highest BCUT2D eigenvalue weighted by atomic mass is 16.5.